The van der Waals surface area contributed by atoms with Crippen molar-refractivity contribution in [2.75, 3.05) is 13.2 Å². The van der Waals surface area contributed by atoms with E-state index in [1.165, 1.54) is 74.6 Å². The Balaban J connectivity index is 1.34. The lowest BCUT2D eigenvalue weighted by Crippen LogP contribution is -2.67. The molecule has 1 N–H and O–H groups in total. The van der Waals surface area contributed by atoms with Gasteiger partial charge in [0.15, 0.2) is 12.1 Å². The zero-order chi connectivity index (χ0) is 38.5. The molecule has 4 rings (SSSR count). The van der Waals surface area contributed by atoms with Gasteiger partial charge >= 0.3 is 0 Å². The van der Waals surface area contributed by atoms with Crippen LogP contribution < -0.4 is 10.4 Å². The van der Waals surface area contributed by atoms with Crippen molar-refractivity contribution in [3.05, 3.63) is 72.8 Å². The van der Waals surface area contributed by atoms with E-state index in [9.17, 15) is 5.11 Å². The molecule has 0 aromatic heterocycles. The Morgan fingerprint density at radius 2 is 1.32 bits per heavy atom. The van der Waals surface area contributed by atoms with E-state index in [0.29, 0.717) is 12.5 Å². The minimum absolute atomic E-state index is 0.102. The quantitative estimate of drug-likeness (QED) is 0.0779. The first-order valence-corrected chi connectivity index (χ1v) is 22.9. The first kappa shape index (κ1) is 43.9. The molecule has 2 unspecified atom stereocenters. The lowest BCUT2D eigenvalue weighted by Gasteiger charge is -2.47. The highest BCUT2D eigenvalue weighted by Crippen LogP contribution is 2.40. The minimum atomic E-state index is -2.73. The molecule has 2 aliphatic heterocycles. The van der Waals surface area contributed by atoms with Gasteiger partial charge in [-0.3, -0.25) is 0 Å². The summed E-state index contributed by atoms with van der Waals surface area (Å²) >= 11 is 0. The molecule has 0 amide bonds. The second kappa shape index (κ2) is 20.9. The van der Waals surface area contributed by atoms with Gasteiger partial charge in [0.1, 0.15) is 18.3 Å². The predicted octanol–water partition coefficient (Wildman–Crippen LogP) is 9.96. The van der Waals surface area contributed by atoms with E-state index < -0.39 is 32.6 Å². The van der Waals surface area contributed by atoms with Crippen LogP contribution in [0.25, 0.3) is 0 Å². The van der Waals surface area contributed by atoms with Crippen molar-refractivity contribution in [1.82, 2.24) is 0 Å². The van der Waals surface area contributed by atoms with Crippen molar-refractivity contribution < 1.29 is 28.5 Å². The third-order valence-corrected chi connectivity index (χ3v) is 16.9. The largest absolute Gasteiger partial charge is 0.405 e. The van der Waals surface area contributed by atoms with Gasteiger partial charge in [0.2, 0.25) is 0 Å². The first-order chi connectivity index (χ1) is 25.3. The average molecular weight is 751 g/mol. The Kier molecular flexibility index (Phi) is 17.3. The van der Waals surface area contributed by atoms with Gasteiger partial charge in [0.05, 0.1) is 19.3 Å². The maximum atomic E-state index is 11.5. The van der Waals surface area contributed by atoms with Gasteiger partial charge in [0.25, 0.3) is 8.32 Å². The smallest absolute Gasteiger partial charge is 0.261 e. The lowest BCUT2D eigenvalue weighted by molar-refractivity contribution is -0.262. The van der Waals surface area contributed by atoms with Crippen LogP contribution in [0.5, 0.6) is 0 Å². The molecule has 2 aromatic rings. The van der Waals surface area contributed by atoms with Crippen LogP contribution in [-0.4, -0.2) is 63.1 Å². The Labute approximate surface area is 324 Å². The van der Waals surface area contributed by atoms with Crippen molar-refractivity contribution in [1.29, 1.82) is 0 Å². The molecule has 0 bridgehead atoms. The maximum Gasteiger partial charge on any atom is 0.261 e. The Hall–Kier alpha value is -1.84. The fraction of sp³-hybridized carbons (Fsp3) is 0.696. The Bertz CT molecular complexity index is 1290. The van der Waals surface area contributed by atoms with Crippen LogP contribution in [0.15, 0.2) is 72.8 Å². The maximum absolute atomic E-state index is 11.5. The van der Waals surface area contributed by atoms with Crippen molar-refractivity contribution in [2.45, 2.75) is 174 Å². The van der Waals surface area contributed by atoms with Crippen LogP contribution in [0.3, 0.4) is 0 Å². The summed E-state index contributed by atoms with van der Waals surface area (Å²) in [6.07, 6.45) is 16.2. The second-order valence-corrected chi connectivity index (χ2v) is 21.8. The standard InChI is InChI=1S/C46H74O6Si/c1-10-11-12-13-14-15-16-17-18-19-20-27-32-41-43(52-46(8,9)51-41)40(47)33-48-44-37(4)35(2)36(3)42(50-44)34-49-53(45(5,6)7,38-28-23-21-24-29-38)39-30-25-22-26-31-39/h21-32,35-37,40-44,47H,10-20,33-34H2,1-9H3/t35-,36+,37?,40+,41+,42?,43-,44-/m0/s1. The van der Waals surface area contributed by atoms with Crippen LogP contribution in [-0.2, 0) is 23.4 Å². The van der Waals surface area contributed by atoms with Crippen molar-refractivity contribution >= 4 is 18.7 Å². The van der Waals surface area contributed by atoms with Crippen LogP contribution in [0, 0.1) is 17.8 Å². The highest BCUT2D eigenvalue weighted by molar-refractivity contribution is 6.99. The molecule has 2 saturated heterocycles. The first-order valence-electron chi connectivity index (χ1n) is 21.0. The molecule has 2 aliphatic rings. The molecule has 2 fully saturated rings. The molecule has 53 heavy (non-hydrogen) atoms. The molecular weight excluding hydrogens is 677 g/mol. The molecule has 2 aromatic carbocycles. The number of aliphatic hydroxyl groups is 1. The summed E-state index contributed by atoms with van der Waals surface area (Å²) < 4.78 is 33.0. The van der Waals surface area contributed by atoms with Crippen molar-refractivity contribution in [2.24, 2.45) is 17.8 Å². The van der Waals surface area contributed by atoms with Crippen LogP contribution >= 0.6 is 0 Å². The molecule has 0 radical (unpaired) electrons. The number of ether oxygens (including phenoxy) is 4. The van der Waals surface area contributed by atoms with E-state index in [-0.39, 0.29) is 35.7 Å². The SMILES string of the molecule is CCCCCCCCCCCCC=C[C@H]1OC(C)(C)O[C@H]1[C@H](O)CO[C@H]1OC(CO[Si](c2ccccc2)(c2ccccc2)C(C)(C)C)[C@H](C)[C@H](C)C1C. The van der Waals surface area contributed by atoms with Gasteiger partial charge < -0.3 is 28.5 Å². The molecule has 0 saturated carbocycles. The summed E-state index contributed by atoms with van der Waals surface area (Å²) in [4.78, 5) is 0. The fourth-order valence-electron chi connectivity index (χ4n) is 8.37. The molecule has 2 heterocycles. The Morgan fingerprint density at radius 1 is 0.774 bits per heavy atom. The summed E-state index contributed by atoms with van der Waals surface area (Å²) in [6.45, 7) is 20.3. The third-order valence-electron chi connectivity index (χ3n) is 11.9. The van der Waals surface area contributed by atoms with Gasteiger partial charge in [-0.05, 0) is 53.9 Å². The highest BCUT2D eigenvalue weighted by atomic mass is 28.4. The molecule has 6 nitrogen and oxygen atoms in total. The van der Waals surface area contributed by atoms with Gasteiger partial charge in [0, 0.05) is 5.92 Å². The Morgan fingerprint density at radius 3 is 1.87 bits per heavy atom. The molecule has 8 atom stereocenters. The molecular formula is C46H74O6Si. The molecule has 298 valence electrons. The summed E-state index contributed by atoms with van der Waals surface area (Å²) in [5, 5.41) is 13.8. The number of unbranched alkanes of at least 4 members (excludes halogenated alkanes) is 10. The third kappa shape index (κ3) is 12.1. The van der Waals surface area contributed by atoms with Crippen molar-refractivity contribution in [3.63, 3.8) is 0 Å². The van der Waals surface area contributed by atoms with E-state index in [4.69, 9.17) is 23.4 Å². The summed E-state index contributed by atoms with van der Waals surface area (Å²) in [7, 11) is -2.73. The molecule has 0 aliphatic carbocycles. The monoisotopic (exact) mass is 751 g/mol. The van der Waals surface area contributed by atoms with Gasteiger partial charge in [-0.25, -0.2) is 0 Å². The van der Waals surface area contributed by atoms with Crippen LogP contribution in [0.4, 0.5) is 0 Å². The number of aliphatic hydroxyl groups excluding tert-OH is 1. The second-order valence-electron chi connectivity index (χ2n) is 17.5. The number of allylic oxidation sites excluding steroid dienone is 1. The van der Waals surface area contributed by atoms with Gasteiger partial charge in [-0.1, -0.05) is 179 Å². The zero-order valence-electron chi connectivity index (χ0n) is 34.7. The molecule has 7 heteroatoms. The van der Waals surface area contributed by atoms with Crippen molar-refractivity contribution in [3.8, 4) is 0 Å². The van der Waals surface area contributed by atoms with E-state index in [2.05, 4.69) is 121 Å². The average Bonchev–Trinajstić information content (AvgIpc) is 3.45. The van der Waals surface area contributed by atoms with E-state index in [1.807, 2.05) is 13.8 Å². The fourth-order valence-corrected chi connectivity index (χ4v) is 12.9. The number of hydrogen-bond donors (Lipinski definition) is 1. The topological polar surface area (TPSA) is 66.4 Å². The summed E-state index contributed by atoms with van der Waals surface area (Å²) in [5.74, 6) is -0.0227. The predicted molar refractivity (Wildman–Crippen MR) is 221 cm³/mol. The number of hydrogen-bond acceptors (Lipinski definition) is 6. The van der Waals surface area contributed by atoms with E-state index in [0.717, 1.165) is 6.42 Å². The summed E-state index contributed by atoms with van der Waals surface area (Å²) in [6, 6.07) is 21.5. The molecule has 0 spiro atoms. The van der Waals surface area contributed by atoms with E-state index in [1.54, 1.807) is 0 Å². The van der Waals surface area contributed by atoms with Crippen LogP contribution in [0.2, 0.25) is 5.04 Å². The normalized spacial score (nSPS) is 27.0. The summed E-state index contributed by atoms with van der Waals surface area (Å²) in [5.41, 5.74) is 0. The van der Waals surface area contributed by atoms with Gasteiger partial charge in [-0.15, -0.1) is 0 Å². The lowest BCUT2D eigenvalue weighted by atomic mass is 9.79. The minimum Gasteiger partial charge on any atom is -0.405 e. The zero-order valence-corrected chi connectivity index (χ0v) is 35.7. The number of rotatable bonds is 21. The number of benzene rings is 2. The van der Waals surface area contributed by atoms with Crippen LogP contribution in [0.1, 0.15) is 133 Å². The van der Waals surface area contributed by atoms with Gasteiger partial charge in [-0.2, -0.15) is 0 Å². The van der Waals surface area contributed by atoms with E-state index >= 15 is 0 Å². The highest BCUT2D eigenvalue weighted by Gasteiger charge is 2.51.